The highest BCUT2D eigenvalue weighted by Gasteiger charge is 2.46. The maximum absolute atomic E-state index is 13.5. The number of benzene rings is 3. The van der Waals surface area contributed by atoms with E-state index in [9.17, 15) is 14.4 Å². The fraction of sp³-hybridized carbons (Fsp3) is 0.469. The Labute approximate surface area is 219 Å². The predicted molar refractivity (Wildman–Crippen MR) is 147 cm³/mol. The summed E-state index contributed by atoms with van der Waals surface area (Å²) in [6, 6.07) is 15.4. The number of nitrogens with zero attached hydrogens (tertiary/aromatic N) is 1. The molecule has 2 amide bonds. The number of amides is 2. The van der Waals surface area contributed by atoms with E-state index in [1.807, 2.05) is 36.4 Å². The Bertz CT molecular complexity index is 1260. The molecule has 0 aromatic heterocycles. The van der Waals surface area contributed by atoms with Gasteiger partial charge in [0.25, 0.3) is 11.8 Å². The van der Waals surface area contributed by atoms with Crippen LogP contribution in [-0.4, -0.2) is 35.3 Å². The molecule has 194 valence electrons. The van der Waals surface area contributed by atoms with Crippen LogP contribution < -0.4 is 0 Å². The molecule has 1 heterocycles. The first-order valence-electron chi connectivity index (χ1n) is 14.0. The minimum atomic E-state index is -0.451. The molecule has 1 aliphatic heterocycles. The highest BCUT2D eigenvalue weighted by molar-refractivity contribution is 6.23. The molecule has 0 N–H and O–H groups in total. The summed E-state index contributed by atoms with van der Waals surface area (Å²) in [7, 11) is 0. The fourth-order valence-corrected chi connectivity index (χ4v) is 5.95. The largest absolute Gasteiger partial charge is 0.465 e. The molecule has 2 aliphatic rings. The molecule has 3 aromatic carbocycles. The van der Waals surface area contributed by atoms with Crippen LogP contribution in [0.1, 0.15) is 92.4 Å². The molecule has 3 atom stereocenters. The van der Waals surface area contributed by atoms with Crippen molar-refractivity contribution in [2.24, 2.45) is 11.8 Å². The molecular weight excluding hydrogens is 462 g/mol. The summed E-state index contributed by atoms with van der Waals surface area (Å²) >= 11 is 0. The highest BCUT2D eigenvalue weighted by Crippen LogP contribution is 2.37. The molecule has 0 bridgehead atoms. The maximum atomic E-state index is 13.5. The van der Waals surface area contributed by atoms with Gasteiger partial charge in [0.2, 0.25) is 0 Å². The van der Waals surface area contributed by atoms with Crippen molar-refractivity contribution in [2.75, 3.05) is 6.61 Å². The summed E-state index contributed by atoms with van der Waals surface area (Å²) in [5.41, 5.74) is 0.874. The van der Waals surface area contributed by atoms with Crippen molar-refractivity contribution in [3.05, 3.63) is 59.7 Å². The fourth-order valence-electron chi connectivity index (χ4n) is 5.95. The van der Waals surface area contributed by atoms with E-state index in [0.717, 1.165) is 59.6 Å². The molecule has 5 rings (SSSR count). The van der Waals surface area contributed by atoms with E-state index >= 15 is 0 Å². The monoisotopic (exact) mass is 499 g/mol. The topological polar surface area (TPSA) is 63.7 Å². The minimum Gasteiger partial charge on any atom is -0.465 e. The average molecular weight is 500 g/mol. The average Bonchev–Trinajstić information content (AvgIpc) is 3.16. The van der Waals surface area contributed by atoms with Crippen LogP contribution in [0.25, 0.3) is 21.5 Å². The van der Waals surface area contributed by atoms with E-state index in [-0.39, 0.29) is 17.8 Å². The van der Waals surface area contributed by atoms with Crippen molar-refractivity contribution >= 4 is 39.3 Å². The van der Waals surface area contributed by atoms with Gasteiger partial charge in [-0.05, 0) is 71.0 Å². The Kier molecular flexibility index (Phi) is 7.59. The van der Waals surface area contributed by atoms with Crippen LogP contribution in [-0.2, 0) is 9.53 Å². The van der Waals surface area contributed by atoms with E-state index in [1.54, 1.807) is 0 Å². The van der Waals surface area contributed by atoms with Gasteiger partial charge in [0, 0.05) is 0 Å². The SMILES string of the molecule is CC[C@H](C)CCCCCOC(=O)[C@@H]1CCCC[C@H]1N1C(=O)c2cc3cc4ccccc4cc3cc2C1=O. The van der Waals surface area contributed by atoms with Crippen LogP contribution in [0.15, 0.2) is 48.5 Å². The van der Waals surface area contributed by atoms with E-state index in [4.69, 9.17) is 4.74 Å². The third-order valence-corrected chi connectivity index (χ3v) is 8.39. The smallest absolute Gasteiger partial charge is 0.311 e. The third kappa shape index (κ3) is 5.14. The molecule has 5 nitrogen and oxygen atoms in total. The van der Waals surface area contributed by atoms with Gasteiger partial charge in [-0.15, -0.1) is 0 Å². The van der Waals surface area contributed by atoms with Crippen LogP contribution in [0, 0.1) is 11.8 Å². The van der Waals surface area contributed by atoms with Crippen LogP contribution in [0.5, 0.6) is 0 Å². The first-order chi connectivity index (χ1) is 18.0. The second-order valence-electron chi connectivity index (χ2n) is 10.9. The van der Waals surface area contributed by atoms with Gasteiger partial charge in [-0.3, -0.25) is 19.3 Å². The van der Waals surface area contributed by atoms with Crippen LogP contribution >= 0.6 is 0 Å². The van der Waals surface area contributed by atoms with Crippen LogP contribution in [0.4, 0.5) is 0 Å². The second kappa shape index (κ2) is 11.0. The number of carbonyl (C=O) groups is 3. The molecule has 1 fully saturated rings. The molecule has 0 unspecified atom stereocenters. The van der Waals surface area contributed by atoms with Gasteiger partial charge in [0.1, 0.15) is 0 Å². The molecule has 0 radical (unpaired) electrons. The van der Waals surface area contributed by atoms with Crippen LogP contribution in [0.2, 0.25) is 0 Å². The number of carbonyl (C=O) groups excluding carboxylic acids is 3. The number of imide groups is 1. The lowest BCUT2D eigenvalue weighted by molar-refractivity contribution is -0.151. The summed E-state index contributed by atoms with van der Waals surface area (Å²) in [5.74, 6) is -0.552. The number of unbranched alkanes of at least 4 members (excludes halogenated alkanes) is 2. The first-order valence-corrected chi connectivity index (χ1v) is 14.0. The standard InChI is InChI=1S/C32H37NO4/c1-3-21(2)11-5-4-10-16-37-32(36)26-14-8-9-15-29(26)33-30(34)27-19-24-17-22-12-6-7-13-23(22)18-25(24)20-28(27)31(33)35/h6-7,12-13,17-21,26,29H,3-5,8-11,14-16H2,1-2H3/t21-,26+,29+/m0/s1. The molecule has 37 heavy (non-hydrogen) atoms. The Balaban J connectivity index is 1.30. The number of hydrogen-bond acceptors (Lipinski definition) is 4. The molecule has 5 heteroatoms. The number of fused-ring (bicyclic) bond motifs is 3. The Hall–Kier alpha value is -3.21. The summed E-state index contributed by atoms with van der Waals surface area (Å²) < 4.78 is 5.67. The Morgan fingerprint density at radius 3 is 2.14 bits per heavy atom. The van der Waals surface area contributed by atoms with E-state index in [1.165, 1.54) is 17.7 Å². The molecule has 0 spiro atoms. The molecular formula is C32H37NO4. The summed E-state index contributed by atoms with van der Waals surface area (Å²) in [4.78, 5) is 41.5. The molecule has 1 aliphatic carbocycles. The number of hydrogen-bond donors (Lipinski definition) is 0. The minimum absolute atomic E-state index is 0.264. The van der Waals surface area contributed by atoms with E-state index in [0.29, 0.717) is 30.6 Å². The van der Waals surface area contributed by atoms with Gasteiger partial charge in [0.15, 0.2) is 0 Å². The zero-order valence-corrected chi connectivity index (χ0v) is 22.0. The second-order valence-corrected chi connectivity index (χ2v) is 10.9. The lowest BCUT2D eigenvalue weighted by Crippen LogP contribution is -2.48. The van der Waals surface area contributed by atoms with Gasteiger partial charge >= 0.3 is 5.97 Å². The zero-order valence-electron chi connectivity index (χ0n) is 22.0. The van der Waals surface area contributed by atoms with Crippen LogP contribution in [0.3, 0.4) is 0 Å². The van der Waals surface area contributed by atoms with Gasteiger partial charge in [-0.25, -0.2) is 0 Å². The lowest BCUT2D eigenvalue weighted by Gasteiger charge is -2.35. The van der Waals surface area contributed by atoms with Crippen molar-refractivity contribution in [3.8, 4) is 0 Å². The van der Waals surface area contributed by atoms with Gasteiger partial charge in [0.05, 0.1) is 29.7 Å². The summed E-state index contributed by atoms with van der Waals surface area (Å²) in [6.07, 6.45) is 8.55. The van der Waals surface area contributed by atoms with Crippen molar-refractivity contribution < 1.29 is 19.1 Å². The number of ether oxygens (including phenoxy) is 1. The van der Waals surface area contributed by atoms with Crippen molar-refractivity contribution in [1.82, 2.24) is 4.90 Å². The Morgan fingerprint density at radius 2 is 1.51 bits per heavy atom. The number of rotatable bonds is 9. The Morgan fingerprint density at radius 1 is 0.892 bits per heavy atom. The normalized spacial score (nSPS) is 20.4. The quantitative estimate of drug-likeness (QED) is 0.134. The predicted octanol–water partition coefficient (Wildman–Crippen LogP) is 7.30. The molecule has 3 aromatic rings. The van der Waals surface area contributed by atoms with Crippen molar-refractivity contribution in [3.63, 3.8) is 0 Å². The summed E-state index contributed by atoms with van der Waals surface area (Å²) in [6.45, 7) is 4.89. The molecule has 0 saturated heterocycles. The first kappa shape index (κ1) is 25.4. The molecule has 1 saturated carbocycles. The van der Waals surface area contributed by atoms with Crippen molar-refractivity contribution in [2.45, 2.75) is 77.7 Å². The van der Waals surface area contributed by atoms with Gasteiger partial charge < -0.3 is 4.74 Å². The third-order valence-electron chi connectivity index (χ3n) is 8.39. The lowest BCUT2D eigenvalue weighted by atomic mass is 9.83. The zero-order chi connectivity index (χ0) is 25.9. The van der Waals surface area contributed by atoms with E-state index in [2.05, 4.69) is 26.0 Å². The summed E-state index contributed by atoms with van der Waals surface area (Å²) in [5, 5.41) is 4.07. The highest BCUT2D eigenvalue weighted by atomic mass is 16.5. The van der Waals surface area contributed by atoms with Gasteiger partial charge in [-0.2, -0.15) is 0 Å². The van der Waals surface area contributed by atoms with E-state index < -0.39 is 12.0 Å². The van der Waals surface area contributed by atoms with Crippen molar-refractivity contribution in [1.29, 1.82) is 0 Å². The number of esters is 1. The maximum Gasteiger partial charge on any atom is 0.311 e. The van der Waals surface area contributed by atoms with Gasteiger partial charge in [-0.1, -0.05) is 76.6 Å².